The molecule has 1 aliphatic rings. The Bertz CT molecular complexity index is 682. The standard InChI is InChI=1S/C19H25N3O4/c1-19(2,3)26-18(25)22-11-9-15(10-12-22)16(17(24)21-20-13-23)14-7-5-4-6-8-14/h4-8,13H,9-12H2,1-3H3,(H,20,23)(H,21,24). The van der Waals surface area contributed by atoms with Gasteiger partial charge in [0.05, 0.1) is 0 Å². The average Bonchev–Trinajstić information content (AvgIpc) is 2.60. The number of nitrogens with one attached hydrogen (secondary N) is 2. The number of piperidine rings is 1. The molecular formula is C19H25N3O4. The fraction of sp³-hybridized carbons (Fsp3) is 0.421. The van der Waals surface area contributed by atoms with Gasteiger partial charge in [-0.25, -0.2) is 4.79 Å². The van der Waals surface area contributed by atoms with Crippen molar-refractivity contribution in [2.45, 2.75) is 39.2 Å². The molecule has 0 bridgehead atoms. The van der Waals surface area contributed by atoms with Crippen LogP contribution in [0.2, 0.25) is 0 Å². The molecule has 1 fully saturated rings. The number of rotatable bonds is 4. The zero-order valence-electron chi connectivity index (χ0n) is 15.4. The molecule has 140 valence electrons. The fourth-order valence-electron chi connectivity index (χ4n) is 2.79. The highest BCUT2D eigenvalue weighted by Gasteiger charge is 2.27. The molecule has 1 aromatic rings. The maximum Gasteiger partial charge on any atom is 0.410 e. The van der Waals surface area contributed by atoms with Crippen molar-refractivity contribution < 1.29 is 19.1 Å². The molecule has 7 heteroatoms. The predicted molar refractivity (Wildman–Crippen MR) is 97.7 cm³/mol. The summed E-state index contributed by atoms with van der Waals surface area (Å²) < 4.78 is 5.40. The first-order valence-corrected chi connectivity index (χ1v) is 8.56. The number of hydrogen-bond donors (Lipinski definition) is 2. The Balaban J connectivity index is 2.18. The van der Waals surface area contributed by atoms with Gasteiger partial charge in [0.15, 0.2) is 0 Å². The summed E-state index contributed by atoms with van der Waals surface area (Å²) >= 11 is 0. The molecule has 0 unspecified atom stereocenters. The number of nitrogens with zero attached hydrogens (tertiary/aromatic N) is 1. The van der Waals surface area contributed by atoms with Gasteiger partial charge >= 0.3 is 6.09 Å². The van der Waals surface area contributed by atoms with Crippen LogP contribution in [0.1, 0.15) is 39.2 Å². The van der Waals surface area contributed by atoms with Gasteiger partial charge < -0.3 is 9.64 Å². The third kappa shape index (κ3) is 5.34. The molecule has 26 heavy (non-hydrogen) atoms. The minimum atomic E-state index is -0.539. The summed E-state index contributed by atoms with van der Waals surface area (Å²) in [4.78, 5) is 36.8. The Labute approximate surface area is 153 Å². The zero-order valence-corrected chi connectivity index (χ0v) is 15.4. The van der Waals surface area contributed by atoms with E-state index in [0.29, 0.717) is 37.9 Å². The maximum absolute atomic E-state index is 12.5. The minimum Gasteiger partial charge on any atom is -0.444 e. The van der Waals surface area contributed by atoms with Gasteiger partial charge in [-0.05, 0) is 39.2 Å². The van der Waals surface area contributed by atoms with Crippen LogP contribution in [0.15, 0.2) is 35.9 Å². The monoisotopic (exact) mass is 359 g/mol. The molecule has 7 nitrogen and oxygen atoms in total. The van der Waals surface area contributed by atoms with Gasteiger partial charge in [-0.15, -0.1) is 0 Å². The third-order valence-electron chi connectivity index (χ3n) is 3.91. The van der Waals surface area contributed by atoms with Crippen molar-refractivity contribution in [1.29, 1.82) is 0 Å². The topological polar surface area (TPSA) is 87.7 Å². The van der Waals surface area contributed by atoms with Crippen molar-refractivity contribution in [3.05, 3.63) is 41.5 Å². The van der Waals surface area contributed by atoms with E-state index in [4.69, 9.17) is 4.74 Å². The average molecular weight is 359 g/mol. The summed E-state index contributed by atoms with van der Waals surface area (Å²) in [5.74, 6) is -0.371. The summed E-state index contributed by atoms with van der Waals surface area (Å²) in [5, 5.41) is 0. The van der Waals surface area contributed by atoms with Crippen LogP contribution in [-0.4, -0.2) is 42.0 Å². The van der Waals surface area contributed by atoms with Crippen LogP contribution >= 0.6 is 0 Å². The fourth-order valence-corrected chi connectivity index (χ4v) is 2.79. The Morgan fingerprint density at radius 1 is 1.12 bits per heavy atom. The van der Waals surface area contributed by atoms with Crippen LogP contribution in [0, 0.1) is 0 Å². The summed E-state index contributed by atoms with van der Waals surface area (Å²) in [5.41, 5.74) is 6.28. The van der Waals surface area contributed by atoms with Crippen molar-refractivity contribution in [1.82, 2.24) is 15.8 Å². The molecular weight excluding hydrogens is 334 g/mol. The van der Waals surface area contributed by atoms with Crippen LogP contribution in [0.4, 0.5) is 4.79 Å². The van der Waals surface area contributed by atoms with E-state index in [9.17, 15) is 14.4 Å². The molecule has 2 rings (SSSR count). The lowest BCUT2D eigenvalue weighted by Crippen LogP contribution is -2.41. The number of benzene rings is 1. The van der Waals surface area contributed by atoms with E-state index in [-0.39, 0.29) is 12.0 Å². The van der Waals surface area contributed by atoms with E-state index in [0.717, 1.165) is 11.1 Å². The second kappa shape index (κ2) is 8.51. The molecule has 1 saturated heterocycles. The smallest absolute Gasteiger partial charge is 0.410 e. The van der Waals surface area contributed by atoms with Crippen LogP contribution in [0.5, 0.6) is 0 Å². The van der Waals surface area contributed by atoms with Gasteiger partial charge in [0.25, 0.3) is 5.91 Å². The van der Waals surface area contributed by atoms with E-state index in [1.54, 1.807) is 4.90 Å². The second-order valence-electron chi connectivity index (χ2n) is 7.03. The van der Waals surface area contributed by atoms with Crippen molar-refractivity contribution in [3.63, 3.8) is 0 Å². The first-order chi connectivity index (χ1) is 12.3. The molecule has 1 heterocycles. The highest BCUT2D eigenvalue weighted by atomic mass is 16.6. The number of hydrogen-bond acceptors (Lipinski definition) is 4. The van der Waals surface area contributed by atoms with E-state index in [2.05, 4.69) is 10.9 Å². The predicted octanol–water partition coefficient (Wildman–Crippen LogP) is 2.25. The lowest BCUT2D eigenvalue weighted by Gasteiger charge is -2.31. The van der Waals surface area contributed by atoms with E-state index >= 15 is 0 Å². The van der Waals surface area contributed by atoms with Crippen LogP contribution < -0.4 is 10.9 Å². The molecule has 0 atom stereocenters. The Hall–Kier alpha value is -2.83. The number of amides is 3. The number of likely N-dealkylation sites (tertiary alicyclic amines) is 1. The molecule has 0 spiro atoms. The van der Waals surface area contributed by atoms with Gasteiger partial charge in [0.1, 0.15) is 5.60 Å². The Morgan fingerprint density at radius 3 is 2.27 bits per heavy atom. The van der Waals surface area contributed by atoms with E-state index < -0.39 is 5.60 Å². The van der Waals surface area contributed by atoms with Crippen LogP contribution in [-0.2, 0) is 14.3 Å². The van der Waals surface area contributed by atoms with Crippen molar-refractivity contribution in [2.24, 2.45) is 0 Å². The third-order valence-corrected chi connectivity index (χ3v) is 3.91. The van der Waals surface area contributed by atoms with Crippen LogP contribution in [0.25, 0.3) is 5.57 Å². The lowest BCUT2D eigenvalue weighted by atomic mass is 9.92. The molecule has 2 N–H and O–H groups in total. The molecule has 0 aliphatic carbocycles. The zero-order chi connectivity index (χ0) is 19.2. The van der Waals surface area contributed by atoms with E-state index in [1.165, 1.54) is 0 Å². The maximum atomic E-state index is 12.5. The molecule has 3 amide bonds. The van der Waals surface area contributed by atoms with E-state index in [1.807, 2.05) is 51.1 Å². The summed E-state index contributed by atoms with van der Waals surface area (Å²) in [6.07, 6.45) is 1.21. The van der Waals surface area contributed by atoms with Crippen molar-refractivity contribution >= 4 is 24.0 Å². The highest BCUT2D eigenvalue weighted by molar-refractivity contribution is 6.20. The summed E-state index contributed by atoms with van der Waals surface area (Å²) in [6.45, 7) is 6.46. The van der Waals surface area contributed by atoms with Gasteiger partial charge in [-0.2, -0.15) is 0 Å². The first kappa shape index (κ1) is 19.5. The Morgan fingerprint density at radius 2 is 1.73 bits per heavy atom. The number of carbonyl (C=O) groups is 3. The number of hydrazine groups is 1. The second-order valence-corrected chi connectivity index (χ2v) is 7.03. The van der Waals surface area contributed by atoms with Crippen molar-refractivity contribution in [3.8, 4) is 0 Å². The van der Waals surface area contributed by atoms with Crippen LogP contribution in [0.3, 0.4) is 0 Å². The molecule has 0 aromatic heterocycles. The number of carbonyl (C=O) groups excluding carboxylic acids is 3. The van der Waals surface area contributed by atoms with Gasteiger partial charge in [0, 0.05) is 18.7 Å². The summed E-state index contributed by atoms with van der Waals surface area (Å²) in [7, 11) is 0. The normalized spacial score (nSPS) is 14.4. The lowest BCUT2D eigenvalue weighted by molar-refractivity contribution is -0.120. The molecule has 1 aliphatic heterocycles. The Kier molecular flexibility index (Phi) is 6.38. The molecule has 1 aromatic carbocycles. The quantitative estimate of drug-likeness (QED) is 0.490. The van der Waals surface area contributed by atoms with Gasteiger partial charge in [0.2, 0.25) is 6.41 Å². The van der Waals surface area contributed by atoms with Crippen molar-refractivity contribution in [2.75, 3.05) is 13.1 Å². The largest absolute Gasteiger partial charge is 0.444 e. The van der Waals surface area contributed by atoms with Gasteiger partial charge in [-0.1, -0.05) is 35.9 Å². The summed E-state index contributed by atoms with van der Waals surface area (Å²) in [6, 6.07) is 9.28. The number of ether oxygens (including phenoxy) is 1. The molecule has 0 saturated carbocycles. The van der Waals surface area contributed by atoms with Gasteiger partial charge in [-0.3, -0.25) is 20.4 Å². The first-order valence-electron chi connectivity index (χ1n) is 8.56. The SMILES string of the molecule is CC(C)(C)OC(=O)N1CCC(=C(C(=O)NNC=O)c2ccccc2)CC1. The highest BCUT2D eigenvalue weighted by Crippen LogP contribution is 2.27. The molecule has 0 radical (unpaired) electrons. The minimum absolute atomic E-state index is 0.343.